The Morgan fingerprint density at radius 3 is 2.36 bits per heavy atom. The Morgan fingerprint density at radius 1 is 1.00 bits per heavy atom. The number of anilines is 1. The number of quaternary nitrogens is 1. The minimum Gasteiger partial charge on any atom is -0.360 e. The van der Waals surface area contributed by atoms with Crippen LogP contribution in [0.1, 0.15) is 5.56 Å². The molecule has 0 spiro atoms. The summed E-state index contributed by atoms with van der Waals surface area (Å²) in [5, 5.41) is 0.731. The number of nitrogens with one attached hydrogen (secondary N) is 1. The van der Waals surface area contributed by atoms with E-state index in [9.17, 15) is 8.78 Å². The lowest BCUT2D eigenvalue weighted by atomic mass is 10.1. The molecule has 116 valence electrons. The van der Waals surface area contributed by atoms with Crippen LogP contribution < -0.4 is 9.80 Å². The van der Waals surface area contributed by atoms with E-state index in [1.165, 1.54) is 17.0 Å². The normalized spacial score (nSPS) is 16.0. The zero-order valence-electron chi connectivity index (χ0n) is 12.2. The quantitative estimate of drug-likeness (QED) is 0.912. The smallest absolute Gasteiger partial charge is 0.132 e. The molecule has 22 heavy (non-hydrogen) atoms. The van der Waals surface area contributed by atoms with Crippen molar-refractivity contribution in [3.8, 4) is 0 Å². The first-order valence-corrected chi connectivity index (χ1v) is 7.77. The average molecular weight is 324 g/mol. The van der Waals surface area contributed by atoms with Gasteiger partial charge in [0.05, 0.1) is 26.2 Å². The summed E-state index contributed by atoms with van der Waals surface area (Å²) in [6, 6.07) is 11.5. The predicted octanol–water partition coefficient (Wildman–Crippen LogP) is 2.52. The standard InChI is InChI=1S/C17H17ClF2N2/c18-14-1-4-16(5-2-14)22-9-7-21(8-10-22)12-13-11-15(19)3-6-17(13)20/h1-6,11H,7-10,12H2/p+1. The molecule has 1 saturated heterocycles. The second-order valence-electron chi connectivity index (χ2n) is 5.63. The summed E-state index contributed by atoms with van der Waals surface area (Å²) in [6.07, 6.45) is 0. The summed E-state index contributed by atoms with van der Waals surface area (Å²) in [6.45, 7) is 4.12. The van der Waals surface area contributed by atoms with E-state index < -0.39 is 0 Å². The topological polar surface area (TPSA) is 7.68 Å². The Morgan fingerprint density at radius 2 is 1.68 bits per heavy atom. The Bertz CT molecular complexity index is 638. The van der Waals surface area contributed by atoms with E-state index in [-0.39, 0.29) is 11.6 Å². The van der Waals surface area contributed by atoms with Crippen LogP contribution in [-0.2, 0) is 6.54 Å². The Labute approximate surface area is 133 Å². The van der Waals surface area contributed by atoms with Gasteiger partial charge in [0, 0.05) is 16.3 Å². The molecule has 0 radical (unpaired) electrons. The summed E-state index contributed by atoms with van der Waals surface area (Å²) in [5.41, 5.74) is 1.61. The van der Waals surface area contributed by atoms with Crippen LogP contribution >= 0.6 is 11.6 Å². The average Bonchev–Trinajstić information content (AvgIpc) is 2.53. The molecule has 1 N–H and O–H groups in total. The van der Waals surface area contributed by atoms with Gasteiger partial charge in [0.1, 0.15) is 18.2 Å². The monoisotopic (exact) mass is 323 g/mol. The predicted molar refractivity (Wildman–Crippen MR) is 84.4 cm³/mol. The zero-order valence-corrected chi connectivity index (χ0v) is 12.9. The molecule has 0 aromatic heterocycles. The van der Waals surface area contributed by atoms with Crippen molar-refractivity contribution in [2.45, 2.75) is 6.54 Å². The van der Waals surface area contributed by atoms with Gasteiger partial charge in [0.25, 0.3) is 0 Å². The van der Waals surface area contributed by atoms with Gasteiger partial charge >= 0.3 is 0 Å². The summed E-state index contributed by atoms with van der Waals surface area (Å²) in [7, 11) is 0. The maximum atomic E-state index is 13.7. The van der Waals surface area contributed by atoms with Gasteiger partial charge < -0.3 is 9.80 Å². The fraction of sp³-hybridized carbons (Fsp3) is 0.294. The molecule has 2 nitrogen and oxygen atoms in total. The van der Waals surface area contributed by atoms with Crippen molar-refractivity contribution in [3.05, 3.63) is 64.7 Å². The van der Waals surface area contributed by atoms with E-state index in [0.29, 0.717) is 12.1 Å². The van der Waals surface area contributed by atoms with Gasteiger partial charge in [-0.2, -0.15) is 0 Å². The van der Waals surface area contributed by atoms with Gasteiger partial charge in [-0.05, 0) is 42.5 Å². The molecular formula is C17H18ClF2N2+. The number of hydrogen-bond acceptors (Lipinski definition) is 1. The van der Waals surface area contributed by atoms with E-state index in [0.717, 1.165) is 43.0 Å². The van der Waals surface area contributed by atoms with Crippen LogP contribution in [0.5, 0.6) is 0 Å². The number of nitrogens with zero attached hydrogens (tertiary/aromatic N) is 1. The Balaban J connectivity index is 1.60. The van der Waals surface area contributed by atoms with Gasteiger partial charge in [-0.1, -0.05) is 11.6 Å². The number of rotatable bonds is 3. The van der Waals surface area contributed by atoms with Crippen LogP contribution in [-0.4, -0.2) is 26.2 Å². The van der Waals surface area contributed by atoms with Crippen molar-refractivity contribution in [3.63, 3.8) is 0 Å². The largest absolute Gasteiger partial charge is 0.360 e. The first-order valence-electron chi connectivity index (χ1n) is 7.40. The lowest BCUT2D eigenvalue weighted by Gasteiger charge is -2.33. The van der Waals surface area contributed by atoms with Gasteiger partial charge in [-0.15, -0.1) is 0 Å². The minimum absolute atomic E-state index is 0.325. The highest BCUT2D eigenvalue weighted by molar-refractivity contribution is 6.30. The fourth-order valence-corrected chi connectivity index (χ4v) is 2.98. The molecule has 0 atom stereocenters. The van der Waals surface area contributed by atoms with Crippen LogP contribution in [0.2, 0.25) is 5.02 Å². The van der Waals surface area contributed by atoms with E-state index in [4.69, 9.17) is 11.6 Å². The van der Waals surface area contributed by atoms with Crippen molar-refractivity contribution in [2.24, 2.45) is 0 Å². The maximum absolute atomic E-state index is 13.7. The number of hydrogen-bond donors (Lipinski definition) is 1. The van der Waals surface area contributed by atoms with Crippen LogP contribution in [0, 0.1) is 11.6 Å². The molecule has 2 aromatic carbocycles. The summed E-state index contributed by atoms with van der Waals surface area (Å²) >= 11 is 5.90. The van der Waals surface area contributed by atoms with Gasteiger partial charge in [0.15, 0.2) is 0 Å². The first-order chi connectivity index (χ1) is 10.6. The van der Waals surface area contributed by atoms with Crippen molar-refractivity contribution in [2.75, 3.05) is 31.1 Å². The van der Waals surface area contributed by atoms with Crippen LogP contribution in [0.15, 0.2) is 42.5 Å². The van der Waals surface area contributed by atoms with Crippen LogP contribution in [0.4, 0.5) is 14.5 Å². The molecule has 1 aliphatic heterocycles. The Hall–Kier alpha value is -1.65. The zero-order chi connectivity index (χ0) is 15.5. The lowest BCUT2D eigenvalue weighted by Crippen LogP contribution is -3.13. The van der Waals surface area contributed by atoms with Gasteiger partial charge in [0.2, 0.25) is 0 Å². The third kappa shape index (κ3) is 3.57. The molecule has 1 heterocycles. The van der Waals surface area contributed by atoms with Crippen molar-refractivity contribution < 1.29 is 13.7 Å². The molecule has 2 aromatic rings. The van der Waals surface area contributed by atoms with E-state index in [1.54, 1.807) is 0 Å². The van der Waals surface area contributed by atoms with Crippen LogP contribution in [0.3, 0.4) is 0 Å². The van der Waals surface area contributed by atoms with Crippen LogP contribution in [0.25, 0.3) is 0 Å². The molecule has 1 aliphatic rings. The third-order valence-corrected chi connectivity index (χ3v) is 4.36. The molecule has 0 unspecified atom stereocenters. The molecular weight excluding hydrogens is 306 g/mol. The first kappa shape index (κ1) is 15.3. The molecule has 0 bridgehead atoms. The molecule has 1 fully saturated rings. The van der Waals surface area contributed by atoms with E-state index in [2.05, 4.69) is 4.90 Å². The highest BCUT2D eigenvalue weighted by Gasteiger charge is 2.21. The van der Waals surface area contributed by atoms with E-state index in [1.807, 2.05) is 24.3 Å². The SMILES string of the molecule is Fc1ccc(F)c(C[NH+]2CCN(c3ccc(Cl)cc3)CC2)c1. The summed E-state index contributed by atoms with van der Waals surface area (Å²) in [5.74, 6) is -0.704. The number of piperazine rings is 1. The van der Waals surface area contributed by atoms with E-state index >= 15 is 0 Å². The molecule has 0 saturated carbocycles. The molecule has 3 rings (SSSR count). The second kappa shape index (κ2) is 6.63. The van der Waals surface area contributed by atoms with Gasteiger partial charge in [-0.3, -0.25) is 0 Å². The summed E-state index contributed by atoms with van der Waals surface area (Å²) < 4.78 is 26.9. The Kier molecular flexibility index (Phi) is 4.60. The fourth-order valence-electron chi connectivity index (χ4n) is 2.86. The molecule has 0 amide bonds. The lowest BCUT2D eigenvalue weighted by molar-refractivity contribution is -0.914. The van der Waals surface area contributed by atoms with Gasteiger partial charge in [-0.25, -0.2) is 8.78 Å². The third-order valence-electron chi connectivity index (χ3n) is 4.11. The maximum Gasteiger partial charge on any atom is 0.132 e. The number of benzene rings is 2. The van der Waals surface area contributed by atoms with Crippen molar-refractivity contribution in [1.29, 1.82) is 0 Å². The van der Waals surface area contributed by atoms with Crippen molar-refractivity contribution in [1.82, 2.24) is 0 Å². The van der Waals surface area contributed by atoms with Crippen molar-refractivity contribution >= 4 is 17.3 Å². The molecule has 5 heteroatoms. The second-order valence-corrected chi connectivity index (χ2v) is 6.06. The highest BCUT2D eigenvalue weighted by Crippen LogP contribution is 2.17. The summed E-state index contributed by atoms with van der Waals surface area (Å²) in [4.78, 5) is 3.57. The minimum atomic E-state index is -0.379. The highest BCUT2D eigenvalue weighted by atomic mass is 35.5. The molecule has 0 aliphatic carbocycles. The number of halogens is 3.